The Morgan fingerprint density at radius 1 is 1.29 bits per heavy atom. The third-order valence-electron chi connectivity index (χ3n) is 2.33. The summed E-state index contributed by atoms with van der Waals surface area (Å²) in [4.78, 5) is 11.7. The lowest BCUT2D eigenvalue weighted by atomic mass is 10.2. The van der Waals surface area contributed by atoms with Crippen molar-refractivity contribution in [3.63, 3.8) is 0 Å². The van der Waals surface area contributed by atoms with Crippen LogP contribution in [0.25, 0.3) is 0 Å². The van der Waals surface area contributed by atoms with Gasteiger partial charge in [0.25, 0.3) is 0 Å². The van der Waals surface area contributed by atoms with Crippen LogP contribution in [-0.4, -0.2) is 18.4 Å². The summed E-state index contributed by atoms with van der Waals surface area (Å²) < 4.78 is 11.8. The number of carbonyl (C=O) groups is 1. The van der Waals surface area contributed by atoms with Gasteiger partial charge in [-0.1, -0.05) is 36.8 Å². The van der Waals surface area contributed by atoms with Crippen LogP contribution in [-0.2, 0) is 4.57 Å². The van der Waals surface area contributed by atoms with Crippen molar-refractivity contribution in [2.75, 3.05) is 12.8 Å². The van der Waals surface area contributed by atoms with Crippen LogP contribution in [0.15, 0.2) is 24.3 Å². The van der Waals surface area contributed by atoms with Gasteiger partial charge in [0.05, 0.1) is 0 Å². The van der Waals surface area contributed by atoms with Gasteiger partial charge in [0.15, 0.2) is 7.14 Å². The third-order valence-corrected chi connectivity index (χ3v) is 4.66. The molecule has 0 fully saturated rings. The molecule has 1 rings (SSSR count). The zero-order chi connectivity index (χ0) is 10.8. The first-order valence-electron chi connectivity index (χ1n) is 4.65. The van der Waals surface area contributed by atoms with Crippen molar-refractivity contribution < 1.29 is 9.36 Å². The van der Waals surface area contributed by atoms with Crippen LogP contribution in [0.1, 0.15) is 22.8 Å². The molecule has 0 aliphatic carbocycles. The van der Waals surface area contributed by atoms with E-state index in [-0.39, 0.29) is 5.52 Å². The molecule has 76 valence electrons. The second kappa shape index (κ2) is 4.10. The molecule has 0 aliphatic rings. The number of aryl methyl sites for hydroxylation is 1. The van der Waals surface area contributed by atoms with E-state index in [4.69, 9.17) is 0 Å². The van der Waals surface area contributed by atoms with Gasteiger partial charge in [0, 0.05) is 11.7 Å². The van der Waals surface area contributed by atoms with Gasteiger partial charge in [-0.2, -0.15) is 0 Å². The standard InChI is InChI=1S/C11H15O2P/c1-4-14(3,13)11(12)10-7-5-9(2)6-8-10/h5-8H,4H2,1-3H3. The Hall–Kier alpha value is -0.880. The van der Waals surface area contributed by atoms with Crippen LogP contribution in [0, 0.1) is 6.92 Å². The summed E-state index contributed by atoms with van der Waals surface area (Å²) in [5, 5.41) is 0. The Morgan fingerprint density at radius 3 is 2.21 bits per heavy atom. The minimum Gasteiger partial charge on any atom is -0.315 e. The summed E-state index contributed by atoms with van der Waals surface area (Å²) in [7, 11) is -2.64. The number of hydrogen-bond acceptors (Lipinski definition) is 2. The summed E-state index contributed by atoms with van der Waals surface area (Å²) in [6.45, 7) is 5.29. The molecule has 3 heteroatoms. The quantitative estimate of drug-likeness (QED) is 0.718. The molecule has 1 aromatic carbocycles. The number of rotatable bonds is 3. The van der Waals surface area contributed by atoms with Crippen LogP contribution < -0.4 is 0 Å². The van der Waals surface area contributed by atoms with E-state index in [1.54, 1.807) is 25.7 Å². The van der Waals surface area contributed by atoms with Crippen LogP contribution in [0.3, 0.4) is 0 Å². The van der Waals surface area contributed by atoms with Gasteiger partial charge in [0.2, 0.25) is 5.52 Å². The molecule has 0 saturated carbocycles. The normalized spacial score (nSPS) is 14.8. The van der Waals surface area contributed by atoms with Crippen molar-refractivity contribution in [3.8, 4) is 0 Å². The van der Waals surface area contributed by atoms with Crippen molar-refractivity contribution in [2.24, 2.45) is 0 Å². The van der Waals surface area contributed by atoms with Crippen molar-refractivity contribution in [3.05, 3.63) is 35.4 Å². The molecule has 0 aromatic heterocycles. The van der Waals surface area contributed by atoms with Crippen molar-refractivity contribution in [1.29, 1.82) is 0 Å². The minimum atomic E-state index is -2.64. The van der Waals surface area contributed by atoms with E-state index in [1.807, 2.05) is 19.1 Å². The Balaban J connectivity index is 3.02. The average molecular weight is 210 g/mol. The Kier molecular flexibility index (Phi) is 3.28. The van der Waals surface area contributed by atoms with E-state index < -0.39 is 7.14 Å². The maximum absolute atomic E-state index is 11.8. The molecule has 1 unspecified atom stereocenters. The van der Waals surface area contributed by atoms with E-state index in [9.17, 15) is 9.36 Å². The fourth-order valence-electron chi connectivity index (χ4n) is 1.11. The number of hydrogen-bond donors (Lipinski definition) is 0. The molecule has 0 bridgehead atoms. The molecule has 0 aliphatic heterocycles. The first-order valence-corrected chi connectivity index (χ1v) is 6.99. The molecule has 0 amide bonds. The van der Waals surface area contributed by atoms with Gasteiger partial charge in [-0.15, -0.1) is 0 Å². The van der Waals surface area contributed by atoms with Gasteiger partial charge in [-0.05, 0) is 13.6 Å². The molecule has 0 saturated heterocycles. The van der Waals surface area contributed by atoms with Crippen molar-refractivity contribution >= 4 is 12.7 Å². The number of benzene rings is 1. The molecular weight excluding hydrogens is 195 g/mol. The summed E-state index contributed by atoms with van der Waals surface area (Å²) in [5.41, 5.74) is 1.45. The molecule has 0 radical (unpaired) electrons. The van der Waals surface area contributed by atoms with Crippen LogP contribution in [0.5, 0.6) is 0 Å². The second-order valence-electron chi connectivity index (χ2n) is 3.59. The summed E-state index contributed by atoms with van der Waals surface area (Å²) >= 11 is 0. The highest BCUT2D eigenvalue weighted by molar-refractivity contribution is 7.80. The van der Waals surface area contributed by atoms with Gasteiger partial charge in [-0.3, -0.25) is 4.79 Å². The predicted octanol–water partition coefficient (Wildman–Crippen LogP) is 3.15. The van der Waals surface area contributed by atoms with Crippen LogP contribution >= 0.6 is 7.14 Å². The maximum Gasteiger partial charge on any atom is 0.221 e. The zero-order valence-electron chi connectivity index (χ0n) is 8.78. The van der Waals surface area contributed by atoms with E-state index in [0.717, 1.165) is 5.56 Å². The molecule has 14 heavy (non-hydrogen) atoms. The number of carbonyl (C=O) groups excluding carboxylic acids is 1. The summed E-state index contributed by atoms with van der Waals surface area (Å²) in [5.74, 6) is 0. The van der Waals surface area contributed by atoms with Gasteiger partial charge >= 0.3 is 0 Å². The van der Waals surface area contributed by atoms with Crippen molar-refractivity contribution in [1.82, 2.24) is 0 Å². The monoisotopic (exact) mass is 210 g/mol. The molecule has 0 heterocycles. The highest BCUT2D eigenvalue weighted by Crippen LogP contribution is 2.44. The Morgan fingerprint density at radius 2 is 1.79 bits per heavy atom. The van der Waals surface area contributed by atoms with Crippen LogP contribution in [0.4, 0.5) is 0 Å². The first kappa shape index (κ1) is 11.2. The van der Waals surface area contributed by atoms with Gasteiger partial charge in [-0.25, -0.2) is 0 Å². The SMILES string of the molecule is CCP(C)(=O)C(=O)c1ccc(C)cc1. The molecule has 2 nitrogen and oxygen atoms in total. The zero-order valence-corrected chi connectivity index (χ0v) is 9.67. The molecule has 0 N–H and O–H groups in total. The fourth-order valence-corrected chi connectivity index (χ4v) is 2.10. The predicted molar refractivity (Wildman–Crippen MR) is 59.6 cm³/mol. The average Bonchev–Trinajstić information content (AvgIpc) is 2.18. The Labute approximate surface area is 84.7 Å². The van der Waals surface area contributed by atoms with Gasteiger partial charge in [0.1, 0.15) is 0 Å². The summed E-state index contributed by atoms with van der Waals surface area (Å²) in [6.07, 6.45) is 0.430. The molecule has 1 atom stereocenters. The smallest absolute Gasteiger partial charge is 0.221 e. The lowest BCUT2D eigenvalue weighted by molar-refractivity contribution is 0.107. The first-order chi connectivity index (χ1) is 6.47. The van der Waals surface area contributed by atoms with Crippen LogP contribution in [0.2, 0.25) is 0 Å². The summed E-state index contributed by atoms with van der Waals surface area (Å²) in [6, 6.07) is 7.21. The highest BCUT2D eigenvalue weighted by atomic mass is 31.2. The van der Waals surface area contributed by atoms with Crippen molar-refractivity contribution in [2.45, 2.75) is 13.8 Å². The molecular formula is C11H15O2P. The molecule has 0 spiro atoms. The molecule has 1 aromatic rings. The third kappa shape index (κ3) is 2.33. The van der Waals surface area contributed by atoms with E-state index >= 15 is 0 Å². The van der Waals surface area contributed by atoms with E-state index in [0.29, 0.717) is 11.7 Å². The lowest BCUT2D eigenvalue weighted by Gasteiger charge is -2.08. The highest BCUT2D eigenvalue weighted by Gasteiger charge is 2.24. The fraction of sp³-hybridized carbons (Fsp3) is 0.364. The lowest BCUT2D eigenvalue weighted by Crippen LogP contribution is -2.01. The van der Waals surface area contributed by atoms with E-state index in [2.05, 4.69) is 0 Å². The minimum absolute atomic E-state index is 0.208. The van der Waals surface area contributed by atoms with E-state index in [1.165, 1.54) is 0 Å². The second-order valence-corrected chi connectivity index (χ2v) is 6.83. The Bertz CT molecular complexity index is 379. The van der Waals surface area contributed by atoms with Gasteiger partial charge < -0.3 is 4.57 Å². The largest absolute Gasteiger partial charge is 0.315 e. The maximum atomic E-state index is 11.8. The topological polar surface area (TPSA) is 34.1 Å².